The van der Waals surface area contributed by atoms with Gasteiger partial charge in [-0.05, 0) is 36.2 Å². The van der Waals surface area contributed by atoms with E-state index in [-0.39, 0.29) is 12.4 Å². The number of nitrogens with one attached hydrogen (secondary N) is 1. The second-order valence-electron chi connectivity index (χ2n) is 4.81. The van der Waals surface area contributed by atoms with Crippen LogP contribution in [0.15, 0.2) is 42.5 Å². The van der Waals surface area contributed by atoms with E-state index in [9.17, 15) is 22.4 Å². The Balaban J connectivity index is 2.15. The highest BCUT2D eigenvalue weighted by Crippen LogP contribution is 2.31. The molecule has 0 aromatic heterocycles. The van der Waals surface area contributed by atoms with E-state index >= 15 is 0 Å². The lowest BCUT2D eigenvalue weighted by atomic mass is 10.1. The molecule has 2 rings (SSSR count). The van der Waals surface area contributed by atoms with Crippen LogP contribution in [-0.2, 0) is 12.7 Å². The van der Waals surface area contributed by atoms with Crippen LogP contribution in [0.5, 0.6) is 0 Å². The van der Waals surface area contributed by atoms with E-state index < -0.39 is 23.2 Å². The SMILES string of the molecule is Cc1cc(CNC(=O)c2ccccc2C(F)(F)F)ccc1F. The molecule has 0 unspecified atom stereocenters. The minimum Gasteiger partial charge on any atom is -0.348 e. The summed E-state index contributed by atoms with van der Waals surface area (Å²) >= 11 is 0. The van der Waals surface area contributed by atoms with Gasteiger partial charge in [0.05, 0.1) is 11.1 Å². The highest BCUT2D eigenvalue weighted by Gasteiger charge is 2.34. The Morgan fingerprint density at radius 1 is 1.14 bits per heavy atom. The van der Waals surface area contributed by atoms with Gasteiger partial charge in [0, 0.05) is 6.54 Å². The van der Waals surface area contributed by atoms with Gasteiger partial charge < -0.3 is 5.32 Å². The molecule has 0 bridgehead atoms. The molecule has 0 aliphatic carbocycles. The first kappa shape index (κ1) is 16.0. The van der Waals surface area contributed by atoms with E-state index in [4.69, 9.17) is 0 Å². The average molecular weight is 311 g/mol. The molecule has 22 heavy (non-hydrogen) atoms. The lowest BCUT2D eigenvalue weighted by Gasteiger charge is -2.12. The minimum atomic E-state index is -4.60. The number of amides is 1. The summed E-state index contributed by atoms with van der Waals surface area (Å²) in [5.41, 5.74) is -0.407. The van der Waals surface area contributed by atoms with Gasteiger partial charge in [0.1, 0.15) is 5.82 Å². The van der Waals surface area contributed by atoms with Gasteiger partial charge in [0.2, 0.25) is 0 Å². The lowest BCUT2D eigenvalue weighted by molar-refractivity contribution is -0.137. The standard InChI is InChI=1S/C16H13F4NO/c1-10-8-11(6-7-14(10)17)9-21-15(22)12-4-2-3-5-13(12)16(18,19)20/h2-8H,9H2,1H3,(H,21,22). The number of hydrogen-bond acceptors (Lipinski definition) is 1. The maximum atomic E-state index is 13.1. The molecule has 0 atom stereocenters. The molecule has 0 radical (unpaired) electrons. The van der Waals surface area contributed by atoms with Crippen LogP contribution in [-0.4, -0.2) is 5.91 Å². The molecule has 2 aromatic carbocycles. The van der Waals surface area contributed by atoms with E-state index in [0.29, 0.717) is 11.1 Å². The second kappa shape index (κ2) is 6.17. The number of hydrogen-bond donors (Lipinski definition) is 1. The van der Waals surface area contributed by atoms with Crippen molar-refractivity contribution < 1.29 is 22.4 Å². The van der Waals surface area contributed by atoms with Crippen LogP contribution in [0.4, 0.5) is 17.6 Å². The summed E-state index contributed by atoms with van der Waals surface area (Å²) in [4.78, 5) is 12.0. The van der Waals surface area contributed by atoms with Gasteiger partial charge in [-0.2, -0.15) is 13.2 Å². The fourth-order valence-electron chi connectivity index (χ4n) is 2.02. The van der Waals surface area contributed by atoms with Crippen LogP contribution >= 0.6 is 0 Å². The third-order valence-corrected chi connectivity index (χ3v) is 3.15. The summed E-state index contributed by atoms with van der Waals surface area (Å²) in [6, 6.07) is 8.82. The van der Waals surface area contributed by atoms with Gasteiger partial charge >= 0.3 is 6.18 Å². The van der Waals surface area contributed by atoms with E-state index in [1.807, 2.05) is 0 Å². The molecule has 0 fully saturated rings. The summed E-state index contributed by atoms with van der Waals surface area (Å²) in [7, 11) is 0. The molecule has 1 amide bonds. The third-order valence-electron chi connectivity index (χ3n) is 3.15. The van der Waals surface area contributed by atoms with E-state index in [0.717, 1.165) is 12.1 Å². The molecule has 0 aliphatic heterocycles. The number of benzene rings is 2. The average Bonchev–Trinajstić information content (AvgIpc) is 2.47. The zero-order valence-corrected chi connectivity index (χ0v) is 11.7. The number of aryl methyl sites for hydroxylation is 1. The molecular weight excluding hydrogens is 298 g/mol. The summed E-state index contributed by atoms with van der Waals surface area (Å²) in [6.45, 7) is 1.59. The largest absolute Gasteiger partial charge is 0.417 e. The van der Waals surface area contributed by atoms with Gasteiger partial charge in [-0.25, -0.2) is 4.39 Å². The quantitative estimate of drug-likeness (QED) is 0.850. The highest BCUT2D eigenvalue weighted by molar-refractivity contribution is 5.95. The summed E-state index contributed by atoms with van der Waals surface area (Å²) in [6.07, 6.45) is -4.60. The third kappa shape index (κ3) is 3.63. The van der Waals surface area contributed by atoms with E-state index in [2.05, 4.69) is 5.32 Å². The zero-order chi connectivity index (χ0) is 16.3. The second-order valence-corrected chi connectivity index (χ2v) is 4.81. The Bertz CT molecular complexity index is 695. The molecule has 0 saturated heterocycles. The maximum absolute atomic E-state index is 13.1. The van der Waals surface area contributed by atoms with E-state index in [1.54, 1.807) is 6.92 Å². The zero-order valence-electron chi connectivity index (χ0n) is 11.7. The van der Waals surface area contributed by atoms with E-state index in [1.165, 1.54) is 30.3 Å². The molecular formula is C16H13F4NO. The first-order valence-electron chi connectivity index (χ1n) is 6.48. The number of carbonyl (C=O) groups excluding carboxylic acids is 1. The van der Waals surface area contributed by atoms with Crippen LogP contribution in [0.3, 0.4) is 0 Å². The summed E-state index contributed by atoms with van der Waals surface area (Å²) < 4.78 is 51.7. The predicted octanol–water partition coefficient (Wildman–Crippen LogP) is 4.08. The molecule has 0 heterocycles. The minimum absolute atomic E-state index is 0.0200. The molecule has 0 saturated carbocycles. The van der Waals surface area contributed by atoms with Crippen LogP contribution < -0.4 is 5.32 Å². The first-order valence-corrected chi connectivity index (χ1v) is 6.48. The molecule has 1 N–H and O–H groups in total. The van der Waals surface area contributed by atoms with Crippen LogP contribution in [0.25, 0.3) is 0 Å². The predicted molar refractivity (Wildman–Crippen MR) is 73.8 cm³/mol. The Morgan fingerprint density at radius 3 is 2.45 bits per heavy atom. The Labute approximate surface area is 124 Å². The van der Waals surface area contributed by atoms with Gasteiger partial charge in [-0.1, -0.05) is 24.3 Å². The molecule has 116 valence electrons. The topological polar surface area (TPSA) is 29.1 Å². The molecule has 0 spiro atoms. The summed E-state index contributed by atoms with van der Waals surface area (Å²) in [5.74, 6) is -1.20. The van der Waals surface area contributed by atoms with Crippen LogP contribution in [0.1, 0.15) is 27.0 Å². The monoisotopic (exact) mass is 311 g/mol. The number of rotatable bonds is 3. The number of carbonyl (C=O) groups is 1. The van der Waals surface area contributed by atoms with Crippen molar-refractivity contribution in [2.45, 2.75) is 19.6 Å². The van der Waals surface area contributed by atoms with Crippen molar-refractivity contribution in [1.29, 1.82) is 0 Å². The molecule has 2 nitrogen and oxygen atoms in total. The Hall–Kier alpha value is -2.37. The number of alkyl halides is 3. The number of halogens is 4. The maximum Gasteiger partial charge on any atom is 0.417 e. The first-order chi connectivity index (χ1) is 10.3. The van der Waals surface area contributed by atoms with Gasteiger partial charge in [0.25, 0.3) is 5.91 Å². The Kier molecular flexibility index (Phi) is 4.49. The Morgan fingerprint density at radius 2 is 1.82 bits per heavy atom. The fourth-order valence-corrected chi connectivity index (χ4v) is 2.02. The van der Waals surface area contributed by atoms with Crippen molar-refractivity contribution in [3.63, 3.8) is 0 Å². The van der Waals surface area contributed by atoms with Crippen LogP contribution in [0, 0.1) is 12.7 Å². The van der Waals surface area contributed by atoms with Crippen molar-refractivity contribution in [1.82, 2.24) is 5.32 Å². The lowest BCUT2D eigenvalue weighted by Crippen LogP contribution is -2.25. The normalized spacial score (nSPS) is 11.3. The van der Waals surface area contributed by atoms with Gasteiger partial charge in [-0.15, -0.1) is 0 Å². The van der Waals surface area contributed by atoms with Crippen molar-refractivity contribution in [2.75, 3.05) is 0 Å². The summed E-state index contributed by atoms with van der Waals surface area (Å²) in [5, 5.41) is 2.41. The smallest absolute Gasteiger partial charge is 0.348 e. The molecule has 2 aromatic rings. The van der Waals surface area contributed by atoms with Crippen molar-refractivity contribution in [2.24, 2.45) is 0 Å². The van der Waals surface area contributed by atoms with Gasteiger partial charge in [-0.3, -0.25) is 4.79 Å². The molecule has 0 aliphatic rings. The molecule has 6 heteroatoms. The van der Waals surface area contributed by atoms with Gasteiger partial charge in [0.15, 0.2) is 0 Å². The van der Waals surface area contributed by atoms with Crippen molar-refractivity contribution >= 4 is 5.91 Å². The van der Waals surface area contributed by atoms with Crippen molar-refractivity contribution in [3.05, 3.63) is 70.5 Å². The fraction of sp³-hybridized carbons (Fsp3) is 0.188. The van der Waals surface area contributed by atoms with Crippen LogP contribution in [0.2, 0.25) is 0 Å². The van der Waals surface area contributed by atoms with Crippen molar-refractivity contribution in [3.8, 4) is 0 Å². The highest BCUT2D eigenvalue weighted by atomic mass is 19.4.